The van der Waals surface area contributed by atoms with Gasteiger partial charge in [-0.1, -0.05) is 29.8 Å². The van der Waals surface area contributed by atoms with E-state index in [2.05, 4.69) is 44.3 Å². The van der Waals surface area contributed by atoms with Gasteiger partial charge in [-0.05, 0) is 62.6 Å². The number of aryl methyl sites for hydroxylation is 4. The normalized spacial score (nSPS) is 10.9. The molecule has 26 heavy (non-hydrogen) atoms. The maximum absolute atomic E-state index is 12.2. The zero-order valence-electron chi connectivity index (χ0n) is 15.7. The molecule has 3 rings (SSSR count). The number of thioether (sulfide) groups is 1. The zero-order valence-corrected chi connectivity index (χ0v) is 16.5. The van der Waals surface area contributed by atoms with E-state index in [1.54, 1.807) is 11.8 Å². The third kappa shape index (κ3) is 4.25. The van der Waals surface area contributed by atoms with Crippen molar-refractivity contribution in [3.63, 3.8) is 0 Å². The minimum atomic E-state index is 0.0381. The number of rotatable bonds is 5. The Bertz CT molecular complexity index is 966. The van der Waals surface area contributed by atoms with Gasteiger partial charge in [0.25, 0.3) is 0 Å². The van der Waals surface area contributed by atoms with E-state index >= 15 is 0 Å². The molecule has 2 aromatic carbocycles. The van der Waals surface area contributed by atoms with Gasteiger partial charge in [0.15, 0.2) is 0 Å². The van der Waals surface area contributed by atoms with Crippen LogP contribution in [0.3, 0.4) is 0 Å². The van der Waals surface area contributed by atoms with Crippen molar-refractivity contribution in [2.24, 2.45) is 0 Å². The molecule has 1 N–H and O–H groups in total. The van der Waals surface area contributed by atoms with Crippen LogP contribution in [0.25, 0.3) is 10.9 Å². The number of amides is 1. The average Bonchev–Trinajstić information content (AvgIpc) is 2.58. The van der Waals surface area contributed by atoms with Crippen molar-refractivity contribution in [1.82, 2.24) is 4.98 Å². The highest BCUT2D eigenvalue weighted by atomic mass is 32.2. The molecule has 0 atom stereocenters. The lowest BCUT2D eigenvalue weighted by Crippen LogP contribution is -2.13. The fourth-order valence-electron chi connectivity index (χ4n) is 3.06. The van der Waals surface area contributed by atoms with Crippen molar-refractivity contribution in [1.29, 1.82) is 0 Å². The van der Waals surface area contributed by atoms with E-state index < -0.39 is 0 Å². The van der Waals surface area contributed by atoms with Crippen molar-refractivity contribution in [2.45, 2.75) is 39.1 Å². The number of benzene rings is 2. The van der Waals surface area contributed by atoms with Gasteiger partial charge < -0.3 is 5.32 Å². The number of para-hydroxylation sites is 1. The molecule has 4 heteroatoms. The molecule has 0 bridgehead atoms. The summed E-state index contributed by atoms with van der Waals surface area (Å²) in [4.78, 5) is 17.0. The Hall–Kier alpha value is -2.33. The standard InChI is InChI=1S/C22H24N2OS/c1-14-11-17(4)22-18(12-14)16(3)13-21(24-22)26-10-9-20(25)23-19-8-6-5-7-15(19)2/h5-8,11-13H,9-10H2,1-4H3,(H,23,25). The molecule has 0 fully saturated rings. The van der Waals surface area contributed by atoms with Crippen LogP contribution in [-0.2, 0) is 4.79 Å². The van der Waals surface area contributed by atoms with Crippen LogP contribution < -0.4 is 5.32 Å². The van der Waals surface area contributed by atoms with Crippen molar-refractivity contribution in [3.8, 4) is 0 Å². The number of carbonyl (C=O) groups is 1. The summed E-state index contributed by atoms with van der Waals surface area (Å²) < 4.78 is 0. The van der Waals surface area contributed by atoms with E-state index in [4.69, 9.17) is 4.98 Å². The predicted molar refractivity (Wildman–Crippen MR) is 111 cm³/mol. The second-order valence-corrected chi connectivity index (χ2v) is 7.83. The van der Waals surface area contributed by atoms with Crippen molar-refractivity contribution in [2.75, 3.05) is 11.1 Å². The second-order valence-electron chi connectivity index (χ2n) is 6.72. The number of anilines is 1. The van der Waals surface area contributed by atoms with E-state index in [0.29, 0.717) is 12.2 Å². The molecule has 0 saturated carbocycles. The maximum atomic E-state index is 12.2. The van der Waals surface area contributed by atoms with E-state index in [1.165, 1.54) is 22.1 Å². The summed E-state index contributed by atoms with van der Waals surface area (Å²) in [6, 6.07) is 14.3. The number of pyridine rings is 1. The van der Waals surface area contributed by atoms with Crippen molar-refractivity contribution in [3.05, 3.63) is 64.7 Å². The highest BCUT2D eigenvalue weighted by Crippen LogP contribution is 2.27. The van der Waals surface area contributed by atoms with Gasteiger partial charge in [-0.15, -0.1) is 11.8 Å². The number of hydrogen-bond acceptors (Lipinski definition) is 3. The summed E-state index contributed by atoms with van der Waals surface area (Å²) in [5.74, 6) is 0.747. The van der Waals surface area contributed by atoms with Gasteiger partial charge in [-0.2, -0.15) is 0 Å². The molecule has 1 aromatic heterocycles. The second kappa shape index (κ2) is 7.92. The van der Waals surface area contributed by atoms with Gasteiger partial charge in [0.2, 0.25) is 5.91 Å². The Kier molecular flexibility index (Phi) is 5.62. The summed E-state index contributed by atoms with van der Waals surface area (Å²) in [5.41, 5.74) is 6.70. The van der Waals surface area contributed by atoms with E-state index in [-0.39, 0.29) is 5.91 Å². The molecule has 0 aliphatic heterocycles. The van der Waals surface area contributed by atoms with Crippen LogP contribution in [-0.4, -0.2) is 16.6 Å². The molecule has 1 amide bonds. The fourth-order valence-corrected chi connectivity index (χ4v) is 3.98. The van der Waals surface area contributed by atoms with Gasteiger partial charge >= 0.3 is 0 Å². The minimum Gasteiger partial charge on any atom is -0.326 e. The molecule has 0 saturated heterocycles. The first-order valence-electron chi connectivity index (χ1n) is 8.81. The molecule has 0 unspecified atom stereocenters. The summed E-state index contributed by atoms with van der Waals surface area (Å²) in [5, 5.41) is 5.17. The van der Waals surface area contributed by atoms with Gasteiger partial charge in [0.05, 0.1) is 10.5 Å². The van der Waals surface area contributed by atoms with Crippen molar-refractivity contribution < 1.29 is 4.79 Å². The molecule has 134 valence electrons. The minimum absolute atomic E-state index is 0.0381. The summed E-state index contributed by atoms with van der Waals surface area (Å²) in [6.07, 6.45) is 0.463. The quantitative estimate of drug-likeness (QED) is 0.600. The van der Waals surface area contributed by atoms with Gasteiger partial charge in [0.1, 0.15) is 0 Å². The smallest absolute Gasteiger partial charge is 0.225 e. The monoisotopic (exact) mass is 364 g/mol. The largest absolute Gasteiger partial charge is 0.326 e. The third-order valence-electron chi connectivity index (χ3n) is 4.43. The number of hydrogen-bond donors (Lipinski definition) is 1. The number of nitrogens with zero attached hydrogens (tertiary/aromatic N) is 1. The molecule has 0 aliphatic carbocycles. The Morgan fingerprint density at radius 1 is 1.00 bits per heavy atom. The highest BCUT2D eigenvalue weighted by Gasteiger charge is 2.09. The summed E-state index contributed by atoms with van der Waals surface area (Å²) >= 11 is 1.63. The topological polar surface area (TPSA) is 42.0 Å². The van der Waals surface area contributed by atoms with Gasteiger partial charge in [-0.25, -0.2) is 4.98 Å². The molecule has 3 aromatic rings. The fraction of sp³-hybridized carbons (Fsp3) is 0.273. The lowest BCUT2D eigenvalue weighted by Gasteiger charge is -2.10. The lowest BCUT2D eigenvalue weighted by molar-refractivity contribution is -0.115. The first-order valence-corrected chi connectivity index (χ1v) is 9.79. The predicted octanol–water partition coefficient (Wildman–Crippen LogP) is 5.59. The van der Waals surface area contributed by atoms with Crippen LogP contribution in [0.2, 0.25) is 0 Å². The van der Waals surface area contributed by atoms with E-state index in [1.807, 2.05) is 31.2 Å². The number of nitrogens with one attached hydrogen (secondary N) is 1. The zero-order chi connectivity index (χ0) is 18.7. The lowest BCUT2D eigenvalue weighted by atomic mass is 10.0. The molecule has 0 spiro atoms. The van der Waals surface area contributed by atoms with Crippen LogP contribution in [0.1, 0.15) is 28.7 Å². The van der Waals surface area contributed by atoms with Crippen LogP contribution >= 0.6 is 11.8 Å². The number of aromatic nitrogens is 1. The first-order chi connectivity index (χ1) is 12.4. The van der Waals surface area contributed by atoms with Crippen LogP contribution in [0.4, 0.5) is 5.69 Å². The molecular weight excluding hydrogens is 340 g/mol. The van der Waals surface area contributed by atoms with Gasteiger partial charge in [0, 0.05) is 23.2 Å². The van der Waals surface area contributed by atoms with Crippen LogP contribution in [0.5, 0.6) is 0 Å². The summed E-state index contributed by atoms with van der Waals surface area (Å²) in [7, 11) is 0. The van der Waals surface area contributed by atoms with E-state index in [9.17, 15) is 4.79 Å². The maximum Gasteiger partial charge on any atom is 0.225 e. The number of fused-ring (bicyclic) bond motifs is 1. The Morgan fingerprint density at radius 3 is 2.54 bits per heavy atom. The Balaban J connectivity index is 1.65. The Morgan fingerprint density at radius 2 is 1.77 bits per heavy atom. The molecule has 0 aliphatic rings. The average molecular weight is 365 g/mol. The van der Waals surface area contributed by atoms with Crippen LogP contribution in [0, 0.1) is 27.7 Å². The SMILES string of the molecule is Cc1cc(C)c2nc(SCCC(=O)Nc3ccccc3C)cc(C)c2c1. The Labute approximate surface area is 159 Å². The molecule has 1 heterocycles. The third-order valence-corrected chi connectivity index (χ3v) is 5.34. The summed E-state index contributed by atoms with van der Waals surface area (Å²) in [6.45, 7) is 8.33. The van der Waals surface area contributed by atoms with Gasteiger partial charge in [-0.3, -0.25) is 4.79 Å². The molecule has 0 radical (unpaired) electrons. The molecular formula is C22H24N2OS. The van der Waals surface area contributed by atoms with Crippen LogP contribution in [0.15, 0.2) is 47.5 Å². The van der Waals surface area contributed by atoms with Crippen molar-refractivity contribution >= 4 is 34.3 Å². The first kappa shape index (κ1) is 18.5. The number of carbonyl (C=O) groups excluding carboxylic acids is 1. The molecule has 3 nitrogen and oxygen atoms in total. The highest BCUT2D eigenvalue weighted by molar-refractivity contribution is 7.99. The van der Waals surface area contributed by atoms with E-state index in [0.717, 1.165) is 21.8 Å².